The van der Waals surface area contributed by atoms with Gasteiger partial charge in [-0.25, -0.2) is 4.98 Å². The molecule has 5 nitrogen and oxygen atoms in total. The van der Waals surface area contributed by atoms with Crippen molar-refractivity contribution in [1.29, 1.82) is 0 Å². The number of aromatic nitrogens is 2. The number of amides is 1. The lowest BCUT2D eigenvalue weighted by molar-refractivity contribution is -0.123. The van der Waals surface area contributed by atoms with Crippen molar-refractivity contribution in [2.75, 3.05) is 12.0 Å². The molecule has 1 amide bonds. The van der Waals surface area contributed by atoms with E-state index < -0.39 is 0 Å². The molecule has 4 rings (SSSR count). The Balaban J connectivity index is 1.69. The second-order valence-corrected chi connectivity index (χ2v) is 7.92. The zero-order valence-corrected chi connectivity index (χ0v) is 16.2. The highest BCUT2D eigenvalue weighted by Gasteiger charge is 2.29. The predicted molar refractivity (Wildman–Crippen MR) is 108 cm³/mol. The van der Waals surface area contributed by atoms with E-state index in [0.29, 0.717) is 6.54 Å². The third-order valence-electron chi connectivity index (χ3n) is 5.08. The maximum absolute atomic E-state index is 13.3. The smallest absolute Gasteiger partial charge is 0.232 e. The third-order valence-corrected chi connectivity index (χ3v) is 6.12. The van der Waals surface area contributed by atoms with Crippen LogP contribution in [0.5, 0.6) is 5.75 Å². The minimum absolute atomic E-state index is 0.0870. The molecule has 0 unspecified atom stereocenters. The summed E-state index contributed by atoms with van der Waals surface area (Å²) in [4.78, 5) is 24.3. The van der Waals surface area contributed by atoms with Gasteiger partial charge in [-0.3, -0.25) is 14.7 Å². The minimum Gasteiger partial charge on any atom is -0.497 e. The van der Waals surface area contributed by atoms with Gasteiger partial charge in [0.2, 0.25) is 5.91 Å². The van der Waals surface area contributed by atoms with Crippen LogP contribution < -0.4 is 9.64 Å². The predicted octanol–water partition coefficient (Wildman–Crippen LogP) is 4.81. The molecule has 0 atom stereocenters. The van der Waals surface area contributed by atoms with Gasteiger partial charge in [-0.2, -0.15) is 0 Å². The number of hydrogen-bond donors (Lipinski definition) is 0. The van der Waals surface area contributed by atoms with Crippen molar-refractivity contribution < 1.29 is 9.53 Å². The number of carbonyl (C=O) groups excluding carboxylic acids is 1. The standard InChI is InChI=1S/C21H23N3O2S/c1-26-17-10-11-18-19(13-17)27-21(23-18)24(14-16-9-5-6-12-22-16)20(25)15-7-3-2-4-8-15/h5-6,9-13,15H,2-4,7-8,14H2,1H3. The van der Waals surface area contributed by atoms with Crippen LogP contribution in [-0.2, 0) is 11.3 Å². The lowest BCUT2D eigenvalue weighted by Gasteiger charge is -2.27. The lowest BCUT2D eigenvalue weighted by atomic mass is 9.88. The summed E-state index contributed by atoms with van der Waals surface area (Å²) in [6.07, 6.45) is 7.19. The number of anilines is 1. The quantitative estimate of drug-likeness (QED) is 0.636. The summed E-state index contributed by atoms with van der Waals surface area (Å²) in [6.45, 7) is 0.452. The van der Waals surface area contributed by atoms with Crippen LogP contribution in [0.2, 0.25) is 0 Å². The minimum atomic E-state index is 0.0870. The van der Waals surface area contributed by atoms with E-state index in [4.69, 9.17) is 9.72 Å². The summed E-state index contributed by atoms with van der Waals surface area (Å²) >= 11 is 1.53. The zero-order valence-electron chi connectivity index (χ0n) is 15.4. The maximum atomic E-state index is 13.3. The molecule has 1 fully saturated rings. The van der Waals surface area contributed by atoms with E-state index in [0.717, 1.165) is 52.5 Å². The Labute approximate surface area is 163 Å². The zero-order chi connectivity index (χ0) is 18.6. The molecule has 0 N–H and O–H groups in total. The van der Waals surface area contributed by atoms with Crippen molar-refractivity contribution in [3.63, 3.8) is 0 Å². The number of methoxy groups -OCH3 is 1. The van der Waals surface area contributed by atoms with Gasteiger partial charge in [0, 0.05) is 12.1 Å². The molecule has 0 aliphatic heterocycles. The van der Waals surface area contributed by atoms with Crippen LogP contribution in [-0.4, -0.2) is 23.0 Å². The van der Waals surface area contributed by atoms with Gasteiger partial charge < -0.3 is 4.74 Å². The molecular formula is C21H23N3O2S. The Bertz CT molecular complexity index is 920. The van der Waals surface area contributed by atoms with E-state index in [1.54, 1.807) is 13.3 Å². The average Bonchev–Trinajstić information content (AvgIpc) is 3.15. The first kappa shape index (κ1) is 17.9. The number of ether oxygens (including phenoxy) is 1. The topological polar surface area (TPSA) is 55.3 Å². The van der Waals surface area contributed by atoms with Gasteiger partial charge in [0.05, 0.1) is 29.6 Å². The van der Waals surface area contributed by atoms with Gasteiger partial charge in [-0.15, -0.1) is 0 Å². The van der Waals surface area contributed by atoms with Gasteiger partial charge >= 0.3 is 0 Å². The van der Waals surface area contributed by atoms with Gasteiger partial charge in [0.25, 0.3) is 0 Å². The SMILES string of the molecule is COc1ccc2nc(N(Cc3ccccn3)C(=O)C3CCCCC3)sc2c1. The first-order chi connectivity index (χ1) is 13.2. The van der Waals surface area contributed by atoms with Gasteiger partial charge in [0.15, 0.2) is 5.13 Å². The molecule has 0 bridgehead atoms. The number of fused-ring (bicyclic) bond motifs is 1. The average molecular weight is 382 g/mol. The molecule has 1 aromatic carbocycles. The van der Waals surface area contributed by atoms with Crippen LogP contribution >= 0.6 is 11.3 Å². The molecule has 0 radical (unpaired) electrons. The van der Waals surface area contributed by atoms with Crippen LogP contribution in [0.1, 0.15) is 37.8 Å². The number of pyridine rings is 1. The molecule has 27 heavy (non-hydrogen) atoms. The molecule has 0 saturated heterocycles. The van der Waals surface area contributed by atoms with E-state index in [1.807, 2.05) is 41.3 Å². The van der Waals surface area contributed by atoms with E-state index >= 15 is 0 Å². The van der Waals surface area contributed by atoms with Crippen LogP contribution in [0.15, 0.2) is 42.6 Å². The van der Waals surface area contributed by atoms with Crippen molar-refractivity contribution in [2.45, 2.75) is 38.6 Å². The van der Waals surface area contributed by atoms with Crippen LogP contribution in [0.3, 0.4) is 0 Å². The molecular weight excluding hydrogens is 358 g/mol. The molecule has 3 aromatic rings. The fourth-order valence-corrected chi connectivity index (χ4v) is 4.60. The summed E-state index contributed by atoms with van der Waals surface area (Å²) in [7, 11) is 1.66. The highest BCUT2D eigenvalue weighted by molar-refractivity contribution is 7.22. The second-order valence-electron chi connectivity index (χ2n) is 6.91. The van der Waals surface area contributed by atoms with Crippen LogP contribution in [0.4, 0.5) is 5.13 Å². The lowest BCUT2D eigenvalue weighted by Crippen LogP contribution is -2.36. The Kier molecular flexibility index (Phi) is 5.34. The Morgan fingerprint density at radius 3 is 2.81 bits per heavy atom. The van der Waals surface area contributed by atoms with Crippen molar-refractivity contribution in [3.8, 4) is 5.75 Å². The first-order valence-corrected chi connectivity index (χ1v) is 10.2. The van der Waals surface area contributed by atoms with Crippen molar-refractivity contribution >= 4 is 32.6 Å². The first-order valence-electron chi connectivity index (χ1n) is 9.40. The monoisotopic (exact) mass is 381 g/mol. The molecule has 0 spiro atoms. The fraction of sp³-hybridized carbons (Fsp3) is 0.381. The largest absolute Gasteiger partial charge is 0.497 e. The molecule has 140 valence electrons. The number of hydrogen-bond acceptors (Lipinski definition) is 5. The molecule has 1 aliphatic rings. The molecule has 2 heterocycles. The van der Waals surface area contributed by atoms with Crippen molar-refractivity contribution in [2.24, 2.45) is 5.92 Å². The van der Waals surface area contributed by atoms with Crippen LogP contribution in [0, 0.1) is 5.92 Å². The Hall–Kier alpha value is -2.47. The van der Waals surface area contributed by atoms with Gasteiger partial charge in [-0.1, -0.05) is 36.7 Å². The molecule has 6 heteroatoms. The Morgan fingerprint density at radius 1 is 1.22 bits per heavy atom. The number of carbonyl (C=O) groups is 1. The van der Waals surface area contributed by atoms with Crippen molar-refractivity contribution in [3.05, 3.63) is 48.3 Å². The maximum Gasteiger partial charge on any atom is 0.232 e. The van der Waals surface area contributed by atoms with Gasteiger partial charge in [0.1, 0.15) is 5.75 Å². The number of benzene rings is 1. The van der Waals surface area contributed by atoms with E-state index in [1.165, 1.54) is 17.8 Å². The summed E-state index contributed by atoms with van der Waals surface area (Å²) < 4.78 is 6.34. The third kappa shape index (κ3) is 3.95. The molecule has 2 aromatic heterocycles. The fourth-order valence-electron chi connectivity index (χ4n) is 3.60. The summed E-state index contributed by atoms with van der Waals surface area (Å²) in [6, 6.07) is 11.6. The molecule has 1 aliphatic carbocycles. The molecule has 1 saturated carbocycles. The number of rotatable bonds is 5. The van der Waals surface area contributed by atoms with E-state index in [2.05, 4.69) is 4.98 Å². The highest BCUT2D eigenvalue weighted by atomic mass is 32.1. The summed E-state index contributed by atoms with van der Waals surface area (Å²) in [5, 5.41) is 0.736. The Morgan fingerprint density at radius 2 is 2.07 bits per heavy atom. The van der Waals surface area contributed by atoms with E-state index in [-0.39, 0.29) is 11.8 Å². The second kappa shape index (κ2) is 8.05. The van der Waals surface area contributed by atoms with E-state index in [9.17, 15) is 4.79 Å². The highest BCUT2D eigenvalue weighted by Crippen LogP contribution is 2.34. The summed E-state index contributed by atoms with van der Waals surface area (Å²) in [5.41, 5.74) is 1.76. The van der Waals surface area contributed by atoms with Crippen LogP contribution in [0.25, 0.3) is 10.2 Å². The normalized spacial score (nSPS) is 15.0. The summed E-state index contributed by atoms with van der Waals surface area (Å²) in [5.74, 6) is 1.06. The number of thiazole rings is 1. The number of nitrogens with zero attached hydrogens (tertiary/aromatic N) is 3. The van der Waals surface area contributed by atoms with Crippen molar-refractivity contribution in [1.82, 2.24) is 9.97 Å². The van der Waals surface area contributed by atoms with Gasteiger partial charge in [-0.05, 0) is 43.2 Å².